The summed E-state index contributed by atoms with van der Waals surface area (Å²) in [7, 11) is 0. The molecule has 2 aromatic heterocycles. The Morgan fingerprint density at radius 3 is 2.87 bits per heavy atom. The van der Waals surface area contributed by atoms with Gasteiger partial charge in [-0.2, -0.15) is 0 Å². The van der Waals surface area contributed by atoms with Gasteiger partial charge in [0.15, 0.2) is 0 Å². The molecule has 2 atom stereocenters. The first-order valence-corrected chi connectivity index (χ1v) is 11.8. The zero-order valence-electron chi connectivity index (χ0n) is 17.4. The van der Waals surface area contributed by atoms with Gasteiger partial charge in [0.1, 0.15) is 5.69 Å². The van der Waals surface area contributed by atoms with Crippen LogP contribution in [0.25, 0.3) is 10.1 Å². The molecule has 0 spiro atoms. The molecule has 4 aliphatic heterocycles. The van der Waals surface area contributed by atoms with Crippen molar-refractivity contribution < 1.29 is 9.53 Å². The number of morpholine rings is 1. The van der Waals surface area contributed by atoms with Crippen molar-refractivity contribution in [3.63, 3.8) is 0 Å². The Balaban J connectivity index is 1.31. The van der Waals surface area contributed by atoms with E-state index in [1.54, 1.807) is 11.3 Å². The monoisotopic (exact) mass is 424 g/mol. The van der Waals surface area contributed by atoms with Crippen molar-refractivity contribution in [2.45, 2.75) is 31.8 Å². The number of carbonyl (C=O) groups is 1. The fraction of sp³-hybridized carbons (Fsp3) is 0.565. The molecule has 4 saturated heterocycles. The van der Waals surface area contributed by atoms with E-state index in [-0.39, 0.29) is 11.9 Å². The van der Waals surface area contributed by atoms with E-state index in [1.807, 2.05) is 12.3 Å². The molecule has 4 aliphatic rings. The molecule has 1 amide bonds. The minimum atomic E-state index is -0.0686. The molecule has 1 N–H and O–H groups in total. The highest BCUT2D eigenvalue weighted by Crippen LogP contribution is 2.32. The Hall–Kier alpha value is -1.98. The zero-order valence-corrected chi connectivity index (χ0v) is 18.2. The Morgan fingerprint density at radius 2 is 2.10 bits per heavy atom. The van der Waals surface area contributed by atoms with Crippen molar-refractivity contribution in [1.82, 2.24) is 20.1 Å². The van der Waals surface area contributed by atoms with Crippen LogP contribution in [0.3, 0.4) is 0 Å². The third kappa shape index (κ3) is 3.97. The number of hydrogen-bond donors (Lipinski definition) is 1. The summed E-state index contributed by atoms with van der Waals surface area (Å²) in [5, 5.41) is 6.37. The van der Waals surface area contributed by atoms with Crippen LogP contribution in [0.15, 0.2) is 17.6 Å². The van der Waals surface area contributed by atoms with Gasteiger partial charge < -0.3 is 10.1 Å². The zero-order chi connectivity index (χ0) is 20.5. The predicted molar refractivity (Wildman–Crippen MR) is 119 cm³/mol. The summed E-state index contributed by atoms with van der Waals surface area (Å²) < 4.78 is 6.45. The highest BCUT2D eigenvalue weighted by atomic mass is 32.1. The van der Waals surface area contributed by atoms with Gasteiger partial charge in [-0.1, -0.05) is 11.8 Å². The van der Waals surface area contributed by atoms with Crippen molar-refractivity contribution in [3.8, 4) is 11.8 Å². The van der Waals surface area contributed by atoms with E-state index < -0.39 is 0 Å². The summed E-state index contributed by atoms with van der Waals surface area (Å²) >= 11 is 1.63. The summed E-state index contributed by atoms with van der Waals surface area (Å²) in [4.78, 5) is 22.2. The average molecular weight is 425 g/mol. The fourth-order valence-corrected chi connectivity index (χ4v) is 5.77. The molecule has 7 heteroatoms. The number of thiophene rings is 1. The van der Waals surface area contributed by atoms with Gasteiger partial charge in [0.2, 0.25) is 0 Å². The van der Waals surface area contributed by atoms with Gasteiger partial charge >= 0.3 is 0 Å². The number of amides is 1. The van der Waals surface area contributed by atoms with E-state index in [2.05, 4.69) is 44.2 Å². The number of pyridine rings is 1. The number of hydrogen-bond acceptors (Lipinski definition) is 6. The van der Waals surface area contributed by atoms with E-state index >= 15 is 0 Å². The molecule has 2 aromatic rings. The number of carbonyl (C=O) groups excluding carboxylic acids is 1. The molecular weight excluding hydrogens is 396 g/mol. The molecule has 2 bridgehead atoms. The molecular formula is C23H28N4O2S. The van der Waals surface area contributed by atoms with E-state index in [0.717, 1.165) is 61.6 Å². The van der Waals surface area contributed by atoms with Gasteiger partial charge in [0.05, 0.1) is 24.5 Å². The minimum Gasteiger partial charge on any atom is -0.379 e. The van der Waals surface area contributed by atoms with Gasteiger partial charge in [0, 0.05) is 47.7 Å². The van der Waals surface area contributed by atoms with Crippen LogP contribution in [0, 0.1) is 17.8 Å². The largest absolute Gasteiger partial charge is 0.379 e. The van der Waals surface area contributed by atoms with Crippen LogP contribution >= 0.6 is 11.3 Å². The third-order valence-electron chi connectivity index (χ3n) is 6.80. The molecule has 0 aromatic carbocycles. The van der Waals surface area contributed by atoms with Crippen LogP contribution < -0.4 is 5.32 Å². The van der Waals surface area contributed by atoms with Crippen molar-refractivity contribution in [1.29, 1.82) is 0 Å². The number of ether oxygens (including phenoxy) is 1. The van der Waals surface area contributed by atoms with Gasteiger partial charge in [-0.15, -0.1) is 11.3 Å². The van der Waals surface area contributed by atoms with E-state index in [0.29, 0.717) is 17.7 Å². The van der Waals surface area contributed by atoms with Crippen LogP contribution in [0.5, 0.6) is 0 Å². The Labute approximate surface area is 181 Å². The normalized spacial score (nSPS) is 28.8. The Bertz CT molecular complexity index is 978. The van der Waals surface area contributed by atoms with Crippen LogP contribution in [0.1, 0.15) is 35.8 Å². The first-order valence-electron chi connectivity index (χ1n) is 10.9. The predicted octanol–water partition coefficient (Wildman–Crippen LogP) is 2.19. The average Bonchev–Trinajstić information content (AvgIpc) is 3.19. The minimum absolute atomic E-state index is 0.0686. The maximum Gasteiger partial charge on any atom is 0.270 e. The smallest absolute Gasteiger partial charge is 0.270 e. The molecule has 0 radical (unpaired) electrons. The molecule has 0 saturated carbocycles. The van der Waals surface area contributed by atoms with Crippen molar-refractivity contribution >= 4 is 27.3 Å². The molecule has 0 aliphatic carbocycles. The van der Waals surface area contributed by atoms with Crippen molar-refractivity contribution in [2.75, 3.05) is 45.9 Å². The standard InChI is InChI=1S/C23H28N4O2S/c1-16-22(17-4-7-27(16)8-5-17)25-23(28)20-13-19-18(15-30-21(19)14-24-20)3-2-6-26-9-11-29-12-10-26/h13-17,22H,4-12H2,1H3,(H,25,28). The van der Waals surface area contributed by atoms with Crippen molar-refractivity contribution in [2.24, 2.45) is 5.92 Å². The molecule has 6 nitrogen and oxygen atoms in total. The first kappa shape index (κ1) is 20.0. The van der Waals surface area contributed by atoms with Gasteiger partial charge in [-0.25, -0.2) is 4.98 Å². The van der Waals surface area contributed by atoms with E-state index in [9.17, 15) is 4.79 Å². The van der Waals surface area contributed by atoms with Gasteiger partial charge in [0.25, 0.3) is 5.91 Å². The topological polar surface area (TPSA) is 57.7 Å². The fourth-order valence-electron chi connectivity index (χ4n) is 4.93. The lowest BCUT2D eigenvalue weighted by Crippen LogP contribution is -2.62. The first-order chi connectivity index (χ1) is 14.7. The molecule has 30 heavy (non-hydrogen) atoms. The molecule has 158 valence electrons. The summed E-state index contributed by atoms with van der Waals surface area (Å²) in [5.74, 6) is 7.11. The van der Waals surface area contributed by atoms with Crippen LogP contribution in [0.2, 0.25) is 0 Å². The SMILES string of the molecule is CC1C(NC(=O)c2cc3c(C#CCN4CCOCC4)csc3cn2)C2CCN1CC2. The quantitative estimate of drug-likeness (QED) is 0.766. The molecule has 4 fully saturated rings. The van der Waals surface area contributed by atoms with E-state index in [4.69, 9.17) is 4.74 Å². The Morgan fingerprint density at radius 1 is 1.30 bits per heavy atom. The molecule has 2 unspecified atom stereocenters. The number of fused-ring (bicyclic) bond motifs is 4. The summed E-state index contributed by atoms with van der Waals surface area (Å²) in [6.45, 7) is 8.73. The number of rotatable bonds is 3. The maximum atomic E-state index is 13.0. The highest BCUT2D eigenvalue weighted by molar-refractivity contribution is 7.17. The maximum absolute atomic E-state index is 13.0. The van der Waals surface area contributed by atoms with E-state index in [1.165, 1.54) is 12.8 Å². The number of nitrogens with one attached hydrogen (secondary N) is 1. The second kappa shape index (κ2) is 8.64. The van der Waals surface area contributed by atoms with Gasteiger partial charge in [-0.05, 0) is 44.8 Å². The molecule has 6 rings (SSSR count). The number of piperidine rings is 3. The second-order valence-corrected chi connectivity index (χ2v) is 9.43. The Kier molecular flexibility index (Phi) is 5.74. The third-order valence-corrected chi connectivity index (χ3v) is 7.73. The highest BCUT2D eigenvalue weighted by Gasteiger charge is 2.40. The van der Waals surface area contributed by atoms with Crippen LogP contribution in [-0.4, -0.2) is 78.7 Å². The number of aromatic nitrogens is 1. The van der Waals surface area contributed by atoms with Crippen LogP contribution in [0.4, 0.5) is 0 Å². The lowest BCUT2D eigenvalue weighted by Gasteiger charge is -2.49. The summed E-state index contributed by atoms with van der Waals surface area (Å²) in [5.41, 5.74) is 1.47. The molecule has 6 heterocycles. The van der Waals surface area contributed by atoms with Crippen molar-refractivity contribution in [3.05, 3.63) is 28.9 Å². The van der Waals surface area contributed by atoms with Crippen LogP contribution in [-0.2, 0) is 4.74 Å². The summed E-state index contributed by atoms with van der Waals surface area (Å²) in [6.07, 6.45) is 4.16. The lowest BCUT2D eigenvalue weighted by atomic mass is 9.79. The van der Waals surface area contributed by atoms with Gasteiger partial charge in [-0.3, -0.25) is 14.6 Å². The summed E-state index contributed by atoms with van der Waals surface area (Å²) in [6, 6.07) is 2.52. The lowest BCUT2D eigenvalue weighted by molar-refractivity contribution is 0.0216. The second-order valence-electron chi connectivity index (χ2n) is 8.52. The number of nitrogens with zero attached hydrogens (tertiary/aromatic N) is 3.